The molecule has 0 fully saturated rings. The lowest BCUT2D eigenvalue weighted by Crippen LogP contribution is -2.21. The summed E-state index contributed by atoms with van der Waals surface area (Å²) in [4.78, 5) is 16.0. The molecule has 1 heterocycles. The van der Waals surface area contributed by atoms with E-state index in [0.29, 0.717) is 16.6 Å². The van der Waals surface area contributed by atoms with Crippen molar-refractivity contribution >= 4 is 35.2 Å². The Kier molecular flexibility index (Phi) is 5.37. The highest BCUT2D eigenvalue weighted by atomic mass is 35.5. The third kappa shape index (κ3) is 4.59. The number of rotatable bonds is 4. The number of benzene rings is 1. The number of aromatic nitrogens is 1. The Labute approximate surface area is 133 Å². The van der Waals surface area contributed by atoms with Crippen molar-refractivity contribution in [2.45, 2.75) is 13.5 Å². The van der Waals surface area contributed by atoms with Gasteiger partial charge in [-0.1, -0.05) is 35.3 Å². The molecule has 5 heteroatoms. The van der Waals surface area contributed by atoms with Crippen molar-refractivity contribution in [3.63, 3.8) is 0 Å². The maximum absolute atomic E-state index is 11.8. The van der Waals surface area contributed by atoms with Crippen molar-refractivity contribution in [2.24, 2.45) is 0 Å². The summed E-state index contributed by atoms with van der Waals surface area (Å²) in [5.41, 5.74) is 2.72. The van der Waals surface area contributed by atoms with E-state index >= 15 is 0 Å². The summed E-state index contributed by atoms with van der Waals surface area (Å²) in [6.45, 7) is 2.36. The molecule has 0 bridgehead atoms. The van der Waals surface area contributed by atoms with Crippen LogP contribution in [0.2, 0.25) is 10.0 Å². The van der Waals surface area contributed by atoms with Gasteiger partial charge in [0.15, 0.2) is 0 Å². The van der Waals surface area contributed by atoms with Gasteiger partial charge in [0.05, 0.1) is 22.3 Å². The second-order valence-corrected chi connectivity index (χ2v) is 5.31. The number of carbonyl (C=O) groups excluding carboxylic acids is 1. The van der Waals surface area contributed by atoms with Crippen LogP contribution in [0.5, 0.6) is 0 Å². The van der Waals surface area contributed by atoms with Gasteiger partial charge in [-0.2, -0.15) is 0 Å². The van der Waals surface area contributed by atoms with Crippen molar-refractivity contribution in [2.75, 3.05) is 0 Å². The molecule has 1 aromatic carbocycles. The number of hydrogen-bond donors (Lipinski definition) is 1. The van der Waals surface area contributed by atoms with Crippen molar-refractivity contribution in [3.8, 4) is 0 Å². The maximum atomic E-state index is 11.8. The SMILES string of the molecule is Cc1cccnc1CNC(=O)C=Cc1ccc(Cl)c(Cl)c1. The van der Waals surface area contributed by atoms with Crippen LogP contribution < -0.4 is 5.32 Å². The molecule has 2 aromatic rings. The molecule has 0 aliphatic heterocycles. The van der Waals surface area contributed by atoms with Crippen LogP contribution in [0.3, 0.4) is 0 Å². The van der Waals surface area contributed by atoms with Crippen molar-refractivity contribution in [1.29, 1.82) is 0 Å². The lowest BCUT2D eigenvalue weighted by atomic mass is 10.2. The van der Waals surface area contributed by atoms with E-state index in [0.717, 1.165) is 16.8 Å². The first-order chi connectivity index (χ1) is 10.1. The third-order valence-electron chi connectivity index (χ3n) is 2.92. The van der Waals surface area contributed by atoms with E-state index in [1.54, 1.807) is 30.5 Å². The van der Waals surface area contributed by atoms with Crippen LogP contribution in [0.15, 0.2) is 42.6 Å². The molecule has 0 saturated carbocycles. The summed E-state index contributed by atoms with van der Waals surface area (Å²) < 4.78 is 0. The fourth-order valence-electron chi connectivity index (χ4n) is 1.72. The van der Waals surface area contributed by atoms with Gasteiger partial charge in [-0.05, 0) is 42.3 Å². The second kappa shape index (κ2) is 7.25. The molecule has 0 spiro atoms. The second-order valence-electron chi connectivity index (χ2n) is 4.49. The number of carbonyl (C=O) groups is 1. The van der Waals surface area contributed by atoms with E-state index in [-0.39, 0.29) is 5.91 Å². The van der Waals surface area contributed by atoms with Crippen LogP contribution in [-0.2, 0) is 11.3 Å². The Bertz CT molecular complexity index is 684. The number of aryl methyl sites for hydroxylation is 1. The average Bonchev–Trinajstić information content (AvgIpc) is 2.47. The first-order valence-electron chi connectivity index (χ1n) is 6.38. The van der Waals surface area contributed by atoms with Crippen LogP contribution in [0, 0.1) is 6.92 Å². The Morgan fingerprint density at radius 3 is 2.81 bits per heavy atom. The molecule has 0 aliphatic rings. The van der Waals surface area contributed by atoms with Crippen molar-refractivity contribution in [1.82, 2.24) is 10.3 Å². The predicted molar refractivity (Wildman–Crippen MR) is 86.3 cm³/mol. The Balaban J connectivity index is 1.94. The van der Waals surface area contributed by atoms with Gasteiger partial charge in [-0.25, -0.2) is 0 Å². The summed E-state index contributed by atoms with van der Waals surface area (Å²) in [5, 5.41) is 3.74. The van der Waals surface area contributed by atoms with Gasteiger partial charge in [0.1, 0.15) is 0 Å². The zero-order chi connectivity index (χ0) is 15.2. The zero-order valence-corrected chi connectivity index (χ0v) is 12.9. The smallest absolute Gasteiger partial charge is 0.244 e. The van der Waals surface area contributed by atoms with Gasteiger partial charge in [0.2, 0.25) is 5.91 Å². The first kappa shape index (κ1) is 15.5. The monoisotopic (exact) mass is 320 g/mol. The number of nitrogens with one attached hydrogen (secondary N) is 1. The van der Waals surface area contributed by atoms with E-state index in [1.807, 2.05) is 19.1 Å². The highest BCUT2D eigenvalue weighted by Gasteiger charge is 2.01. The van der Waals surface area contributed by atoms with Crippen LogP contribution in [-0.4, -0.2) is 10.9 Å². The van der Waals surface area contributed by atoms with Crippen LogP contribution in [0.1, 0.15) is 16.8 Å². The highest BCUT2D eigenvalue weighted by Crippen LogP contribution is 2.23. The zero-order valence-electron chi connectivity index (χ0n) is 11.4. The number of nitrogens with zero attached hydrogens (tertiary/aromatic N) is 1. The molecular formula is C16H14Cl2N2O. The summed E-state index contributed by atoms with van der Waals surface area (Å²) in [7, 11) is 0. The average molecular weight is 321 g/mol. The quantitative estimate of drug-likeness (QED) is 0.864. The summed E-state index contributed by atoms with van der Waals surface area (Å²) in [6, 6.07) is 9.01. The summed E-state index contributed by atoms with van der Waals surface area (Å²) in [5.74, 6) is -0.189. The molecule has 1 N–H and O–H groups in total. The summed E-state index contributed by atoms with van der Waals surface area (Å²) >= 11 is 11.7. The number of halogens is 2. The van der Waals surface area contributed by atoms with Crippen molar-refractivity contribution < 1.29 is 4.79 Å². The molecular weight excluding hydrogens is 307 g/mol. The third-order valence-corrected chi connectivity index (χ3v) is 3.66. The lowest BCUT2D eigenvalue weighted by molar-refractivity contribution is -0.116. The topological polar surface area (TPSA) is 42.0 Å². The summed E-state index contributed by atoms with van der Waals surface area (Å²) in [6.07, 6.45) is 4.85. The van der Waals surface area contributed by atoms with E-state index in [4.69, 9.17) is 23.2 Å². The molecule has 0 unspecified atom stereocenters. The van der Waals surface area contributed by atoms with Gasteiger partial charge in [-0.3, -0.25) is 9.78 Å². The first-order valence-corrected chi connectivity index (χ1v) is 7.13. The largest absolute Gasteiger partial charge is 0.347 e. The standard InChI is InChI=1S/C16H14Cl2N2O/c1-11-3-2-8-19-15(11)10-20-16(21)7-5-12-4-6-13(17)14(18)9-12/h2-9H,10H2,1H3,(H,20,21). The van der Waals surface area contributed by atoms with Crippen LogP contribution >= 0.6 is 23.2 Å². The Morgan fingerprint density at radius 1 is 1.29 bits per heavy atom. The number of hydrogen-bond acceptors (Lipinski definition) is 2. The maximum Gasteiger partial charge on any atom is 0.244 e. The molecule has 0 saturated heterocycles. The molecule has 1 aromatic heterocycles. The van der Waals surface area contributed by atoms with E-state index < -0.39 is 0 Å². The van der Waals surface area contributed by atoms with Crippen molar-refractivity contribution in [3.05, 3.63) is 69.5 Å². The number of pyridine rings is 1. The minimum absolute atomic E-state index is 0.189. The van der Waals surface area contributed by atoms with Crippen LogP contribution in [0.4, 0.5) is 0 Å². The Morgan fingerprint density at radius 2 is 2.10 bits per heavy atom. The highest BCUT2D eigenvalue weighted by molar-refractivity contribution is 6.42. The fourth-order valence-corrected chi connectivity index (χ4v) is 2.03. The number of amides is 1. The predicted octanol–water partition coefficient (Wildman–Crippen LogP) is 4.03. The van der Waals surface area contributed by atoms with E-state index in [2.05, 4.69) is 10.3 Å². The molecule has 2 rings (SSSR count). The molecule has 0 atom stereocenters. The lowest BCUT2D eigenvalue weighted by Gasteiger charge is -2.04. The van der Waals surface area contributed by atoms with Gasteiger partial charge in [0, 0.05) is 12.3 Å². The fraction of sp³-hybridized carbons (Fsp3) is 0.125. The van der Waals surface area contributed by atoms with Gasteiger partial charge >= 0.3 is 0 Å². The minimum Gasteiger partial charge on any atom is -0.347 e. The molecule has 108 valence electrons. The normalized spacial score (nSPS) is 10.8. The molecule has 21 heavy (non-hydrogen) atoms. The van der Waals surface area contributed by atoms with Gasteiger partial charge in [0.25, 0.3) is 0 Å². The van der Waals surface area contributed by atoms with Crippen LogP contribution in [0.25, 0.3) is 6.08 Å². The van der Waals surface area contributed by atoms with E-state index in [1.165, 1.54) is 6.08 Å². The van der Waals surface area contributed by atoms with Gasteiger partial charge < -0.3 is 5.32 Å². The Hall–Kier alpha value is -1.84. The molecule has 3 nitrogen and oxygen atoms in total. The van der Waals surface area contributed by atoms with E-state index in [9.17, 15) is 4.79 Å². The molecule has 1 amide bonds. The molecule has 0 aliphatic carbocycles. The minimum atomic E-state index is -0.189. The molecule has 0 radical (unpaired) electrons. The van der Waals surface area contributed by atoms with Gasteiger partial charge in [-0.15, -0.1) is 0 Å².